The molecule has 1 aromatic heterocycles. The zero-order chi connectivity index (χ0) is 13.2. The summed E-state index contributed by atoms with van der Waals surface area (Å²) >= 11 is 0. The molecule has 2 heterocycles. The SMILES string of the molecule is CN1CCN(CCn2c(N)nc3ccccc32)CC1. The quantitative estimate of drug-likeness (QED) is 0.888. The smallest absolute Gasteiger partial charge is 0.201 e. The number of benzene rings is 1. The summed E-state index contributed by atoms with van der Waals surface area (Å²) in [7, 11) is 2.18. The first-order chi connectivity index (χ1) is 9.24. The van der Waals surface area contributed by atoms with Crippen molar-refractivity contribution >= 4 is 17.0 Å². The molecule has 5 nitrogen and oxygen atoms in total. The summed E-state index contributed by atoms with van der Waals surface area (Å²) in [6.45, 7) is 6.54. The molecule has 1 aromatic carbocycles. The predicted molar refractivity (Wildman–Crippen MR) is 78.1 cm³/mol. The van der Waals surface area contributed by atoms with Gasteiger partial charge in [-0.1, -0.05) is 12.1 Å². The van der Waals surface area contributed by atoms with E-state index in [0.29, 0.717) is 5.95 Å². The summed E-state index contributed by atoms with van der Waals surface area (Å²) in [6.07, 6.45) is 0. The highest BCUT2D eigenvalue weighted by molar-refractivity contribution is 5.78. The number of hydrogen-bond acceptors (Lipinski definition) is 4. The fourth-order valence-electron chi connectivity index (χ4n) is 2.64. The van der Waals surface area contributed by atoms with Gasteiger partial charge in [0.2, 0.25) is 5.95 Å². The highest BCUT2D eigenvalue weighted by atomic mass is 15.3. The van der Waals surface area contributed by atoms with Crippen molar-refractivity contribution in [2.24, 2.45) is 0 Å². The normalized spacial score (nSPS) is 18.2. The van der Waals surface area contributed by atoms with E-state index in [4.69, 9.17) is 5.73 Å². The lowest BCUT2D eigenvalue weighted by Crippen LogP contribution is -2.45. The van der Waals surface area contributed by atoms with Crippen molar-refractivity contribution in [3.8, 4) is 0 Å². The zero-order valence-electron chi connectivity index (χ0n) is 11.4. The summed E-state index contributed by atoms with van der Waals surface area (Å²) in [6, 6.07) is 8.14. The highest BCUT2D eigenvalue weighted by Crippen LogP contribution is 2.17. The van der Waals surface area contributed by atoms with E-state index in [1.165, 1.54) is 0 Å². The molecule has 0 aliphatic carbocycles. The van der Waals surface area contributed by atoms with Gasteiger partial charge in [0.05, 0.1) is 11.0 Å². The van der Waals surface area contributed by atoms with Gasteiger partial charge in [0, 0.05) is 39.3 Å². The molecule has 102 valence electrons. The average Bonchev–Trinajstić information content (AvgIpc) is 2.74. The standard InChI is InChI=1S/C14H21N5/c1-17-6-8-18(9-7-17)10-11-19-13-5-3-2-4-12(13)16-14(19)15/h2-5H,6-11H2,1H3,(H2,15,16). The lowest BCUT2D eigenvalue weighted by atomic mass is 10.3. The molecule has 0 atom stereocenters. The third-order valence-electron chi connectivity index (χ3n) is 3.92. The average molecular weight is 259 g/mol. The molecule has 0 amide bonds. The molecule has 0 spiro atoms. The van der Waals surface area contributed by atoms with E-state index in [1.54, 1.807) is 0 Å². The van der Waals surface area contributed by atoms with E-state index in [-0.39, 0.29) is 0 Å². The fraction of sp³-hybridized carbons (Fsp3) is 0.500. The van der Waals surface area contributed by atoms with Crippen LogP contribution in [0.25, 0.3) is 11.0 Å². The van der Waals surface area contributed by atoms with Gasteiger partial charge in [0.15, 0.2) is 0 Å². The Bertz CT molecular complexity index is 554. The van der Waals surface area contributed by atoms with Crippen molar-refractivity contribution in [1.29, 1.82) is 0 Å². The van der Waals surface area contributed by atoms with Gasteiger partial charge in [-0.05, 0) is 19.2 Å². The molecule has 1 aliphatic rings. The molecular formula is C14H21N5. The van der Waals surface area contributed by atoms with Crippen LogP contribution in [-0.4, -0.2) is 59.1 Å². The number of aromatic nitrogens is 2. The molecule has 0 unspecified atom stereocenters. The van der Waals surface area contributed by atoms with Crippen LogP contribution in [0.2, 0.25) is 0 Å². The first-order valence-electron chi connectivity index (χ1n) is 6.86. The third kappa shape index (κ3) is 2.57. The summed E-state index contributed by atoms with van der Waals surface area (Å²) in [5, 5.41) is 0. The Balaban J connectivity index is 1.70. The minimum Gasteiger partial charge on any atom is -0.369 e. The molecule has 0 radical (unpaired) electrons. The van der Waals surface area contributed by atoms with Crippen molar-refractivity contribution in [2.75, 3.05) is 45.5 Å². The topological polar surface area (TPSA) is 50.3 Å². The van der Waals surface area contributed by atoms with Gasteiger partial charge in [-0.15, -0.1) is 0 Å². The number of imidazole rings is 1. The van der Waals surface area contributed by atoms with Gasteiger partial charge in [-0.25, -0.2) is 4.98 Å². The van der Waals surface area contributed by atoms with Crippen LogP contribution in [0.3, 0.4) is 0 Å². The van der Waals surface area contributed by atoms with Gasteiger partial charge in [-0.2, -0.15) is 0 Å². The van der Waals surface area contributed by atoms with Crippen LogP contribution < -0.4 is 5.73 Å². The predicted octanol–water partition coefficient (Wildman–Crippen LogP) is 0.866. The summed E-state index contributed by atoms with van der Waals surface area (Å²) in [5.41, 5.74) is 8.13. The molecule has 19 heavy (non-hydrogen) atoms. The van der Waals surface area contributed by atoms with Crippen molar-refractivity contribution in [3.05, 3.63) is 24.3 Å². The lowest BCUT2D eigenvalue weighted by molar-refractivity contribution is 0.150. The number of nitrogens with two attached hydrogens (primary N) is 1. The summed E-state index contributed by atoms with van der Waals surface area (Å²) < 4.78 is 2.12. The monoisotopic (exact) mass is 259 g/mol. The Morgan fingerprint density at radius 3 is 2.63 bits per heavy atom. The maximum absolute atomic E-state index is 6.02. The summed E-state index contributed by atoms with van der Waals surface area (Å²) in [4.78, 5) is 9.27. The molecule has 5 heteroatoms. The van der Waals surface area contributed by atoms with Crippen LogP contribution in [0.5, 0.6) is 0 Å². The van der Waals surface area contributed by atoms with E-state index < -0.39 is 0 Å². The lowest BCUT2D eigenvalue weighted by Gasteiger charge is -2.32. The second-order valence-electron chi connectivity index (χ2n) is 5.26. The third-order valence-corrected chi connectivity index (χ3v) is 3.92. The number of nitrogens with zero attached hydrogens (tertiary/aromatic N) is 4. The minimum atomic E-state index is 0.621. The van der Waals surface area contributed by atoms with Gasteiger partial charge in [0.25, 0.3) is 0 Å². The second-order valence-corrected chi connectivity index (χ2v) is 5.26. The van der Waals surface area contributed by atoms with Crippen molar-refractivity contribution in [1.82, 2.24) is 19.4 Å². The fourth-order valence-corrected chi connectivity index (χ4v) is 2.64. The highest BCUT2D eigenvalue weighted by Gasteiger charge is 2.14. The number of para-hydroxylation sites is 2. The molecule has 2 N–H and O–H groups in total. The van der Waals surface area contributed by atoms with E-state index in [1.807, 2.05) is 18.2 Å². The van der Waals surface area contributed by atoms with Crippen LogP contribution in [0, 0.1) is 0 Å². The van der Waals surface area contributed by atoms with Crippen LogP contribution in [0.4, 0.5) is 5.95 Å². The van der Waals surface area contributed by atoms with Crippen LogP contribution >= 0.6 is 0 Å². The maximum atomic E-state index is 6.02. The van der Waals surface area contributed by atoms with Crippen LogP contribution in [0.1, 0.15) is 0 Å². The molecule has 2 aromatic rings. The van der Waals surface area contributed by atoms with Gasteiger partial charge >= 0.3 is 0 Å². The minimum absolute atomic E-state index is 0.621. The van der Waals surface area contributed by atoms with E-state index in [0.717, 1.165) is 50.3 Å². The van der Waals surface area contributed by atoms with Crippen molar-refractivity contribution in [3.63, 3.8) is 0 Å². The van der Waals surface area contributed by atoms with Gasteiger partial charge in [-0.3, -0.25) is 4.90 Å². The molecule has 0 saturated carbocycles. The molecule has 0 bridgehead atoms. The van der Waals surface area contributed by atoms with E-state index >= 15 is 0 Å². The van der Waals surface area contributed by atoms with E-state index in [9.17, 15) is 0 Å². The number of nitrogen functional groups attached to an aromatic ring is 1. The van der Waals surface area contributed by atoms with Crippen LogP contribution in [-0.2, 0) is 6.54 Å². The van der Waals surface area contributed by atoms with E-state index in [2.05, 4.69) is 32.5 Å². The number of hydrogen-bond donors (Lipinski definition) is 1. The number of likely N-dealkylation sites (N-methyl/N-ethyl adjacent to an activating group) is 1. The molecule has 1 aliphatic heterocycles. The molecular weight excluding hydrogens is 238 g/mol. The maximum Gasteiger partial charge on any atom is 0.201 e. The second kappa shape index (κ2) is 5.19. The molecule has 1 fully saturated rings. The Hall–Kier alpha value is -1.59. The first-order valence-corrected chi connectivity index (χ1v) is 6.86. The number of fused-ring (bicyclic) bond motifs is 1. The summed E-state index contributed by atoms with van der Waals surface area (Å²) in [5.74, 6) is 0.621. The number of piperazine rings is 1. The largest absolute Gasteiger partial charge is 0.369 e. The molecule has 1 saturated heterocycles. The Labute approximate surface area is 113 Å². The Morgan fingerprint density at radius 1 is 1.11 bits per heavy atom. The number of rotatable bonds is 3. The van der Waals surface area contributed by atoms with Crippen molar-refractivity contribution < 1.29 is 0 Å². The number of anilines is 1. The Kier molecular flexibility index (Phi) is 3.40. The van der Waals surface area contributed by atoms with Gasteiger partial charge in [0.1, 0.15) is 0 Å². The first kappa shape index (κ1) is 12.4. The van der Waals surface area contributed by atoms with Gasteiger partial charge < -0.3 is 15.2 Å². The van der Waals surface area contributed by atoms with Crippen LogP contribution in [0.15, 0.2) is 24.3 Å². The molecule has 3 rings (SSSR count). The van der Waals surface area contributed by atoms with Crippen molar-refractivity contribution in [2.45, 2.75) is 6.54 Å². The zero-order valence-corrected chi connectivity index (χ0v) is 11.4. The Morgan fingerprint density at radius 2 is 1.84 bits per heavy atom.